The van der Waals surface area contributed by atoms with Crippen LogP contribution in [0.4, 0.5) is 17.3 Å². The summed E-state index contributed by atoms with van der Waals surface area (Å²) in [6.45, 7) is 8.06. The van der Waals surface area contributed by atoms with Gasteiger partial charge in [-0.2, -0.15) is 0 Å². The number of fused-ring (bicyclic) bond motifs is 5. The third kappa shape index (κ3) is 6.21. The maximum absolute atomic E-state index is 12.9. The minimum atomic E-state index is -0.0710. The molecule has 1 atom stereocenters. The van der Waals surface area contributed by atoms with Gasteiger partial charge in [0, 0.05) is 56.1 Å². The van der Waals surface area contributed by atoms with Crippen LogP contribution in [0.1, 0.15) is 12.5 Å². The molecular weight excluding hydrogens is 544 g/mol. The van der Waals surface area contributed by atoms with Gasteiger partial charge in [0.15, 0.2) is 29.8 Å². The van der Waals surface area contributed by atoms with E-state index in [0.29, 0.717) is 48.8 Å². The molecule has 3 aromatic heterocycles. The van der Waals surface area contributed by atoms with Crippen molar-refractivity contribution in [3.05, 3.63) is 72.8 Å². The van der Waals surface area contributed by atoms with Crippen molar-refractivity contribution in [2.24, 2.45) is 0 Å². The van der Waals surface area contributed by atoms with Crippen molar-refractivity contribution in [2.45, 2.75) is 26.4 Å². The minimum absolute atomic E-state index is 0.0108. The molecule has 0 radical (unpaired) electrons. The highest BCUT2D eigenvalue weighted by molar-refractivity contribution is 5.90. The number of rotatable bonds is 8. The van der Waals surface area contributed by atoms with Gasteiger partial charge in [-0.25, -0.2) is 19.5 Å². The highest BCUT2D eigenvalue weighted by Crippen LogP contribution is 2.36. The van der Waals surface area contributed by atoms with Crippen LogP contribution in [0.2, 0.25) is 0 Å². The van der Waals surface area contributed by atoms with Crippen LogP contribution in [0.15, 0.2) is 67.3 Å². The number of hydrogen-bond acceptors (Lipinski definition) is 9. The summed E-state index contributed by atoms with van der Waals surface area (Å²) in [5.41, 5.74) is 3.18. The van der Waals surface area contributed by atoms with Crippen LogP contribution in [-0.2, 0) is 11.3 Å². The lowest BCUT2D eigenvalue weighted by molar-refractivity contribution is -0.693. The molecule has 2 aliphatic heterocycles. The number of amides is 1. The lowest BCUT2D eigenvalue weighted by Gasteiger charge is -2.39. The second kappa shape index (κ2) is 12.2. The number of nitrogens with zero attached hydrogens (tertiary/aromatic N) is 7. The first kappa shape index (κ1) is 28.4. The largest absolute Gasteiger partial charge is 0.487 e. The van der Waals surface area contributed by atoms with E-state index in [4.69, 9.17) is 14.5 Å². The molecule has 2 aliphatic rings. The second-order valence-electron chi connectivity index (χ2n) is 11.1. The van der Waals surface area contributed by atoms with Crippen LogP contribution in [-0.4, -0.2) is 83.6 Å². The van der Waals surface area contributed by atoms with Gasteiger partial charge in [0.2, 0.25) is 5.91 Å². The van der Waals surface area contributed by atoms with Crippen molar-refractivity contribution in [1.29, 1.82) is 0 Å². The third-order valence-corrected chi connectivity index (χ3v) is 7.68. The highest BCUT2D eigenvalue weighted by Gasteiger charge is 2.35. The van der Waals surface area contributed by atoms with Crippen LogP contribution in [0.25, 0.3) is 11.0 Å². The number of ether oxygens (including phenoxy) is 2. The molecule has 2 bridgehead atoms. The maximum Gasteiger partial charge on any atom is 0.246 e. The number of likely N-dealkylation sites (N-methyl/N-ethyl adjacent to an activating group) is 1. The highest BCUT2D eigenvalue weighted by atomic mass is 16.5. The Bertz CT molecular complexity index is 1660. The van der Waals surface area contributed by atoms with E-state index >= 15 is 0 Å². The predicted octanol–water partition coefficient (Wildman–Crippen LogP) is 3.70. The summed E-state index contributed by atoms with van der Waals surface area (Å²) in [5.74, 6) is 3.60. The summed E-state index contributed by atoms with van der Waals surface area (Å²) < 4.78 is 14.4. The number of nitrogens with one attached hydrogen (secondary N) is 1. The quantitative estimate of drug-likeness (QED) is 0.247. The van der Waals surface area contributed by atoms with Gasteiger partial charge in [-0.3, -0.25) is 4.79 Å². The summed E-state index contributed by atoms with van der Waals surface area (Å²) in [7, 11) is 3.96. The summed E-state index contributed by atoms with van der Waals surface area (Å²) in [5, 5.41) is 3.43. The monoisotopic (exact) mass is 581 g/mol. The molecule has 0 aliphatic carbocycles. The number of aromatic nitrogens is 4. The Kier molecular flexibility index (Phi) is 8.06. The van der Waals surface area contributed by atoms with Gasteiger partial charge in [-0.1, -0.05) is 6.08 Å². The Labute approximate surface area is 251 Å². The van der Waals surface area contributed by atoms with Crippen molar-refractivity contribution in [3.8, 4) is 17.2 Å². The van der Waals surface area contributed by atoms with Gasteiger partial charge in [0.1, 0.15) is 36.5 Å². The minimum Gasteiger partial charge on any atom is -0.487 e. The molecule has 6 rings (SSSR count). The molecule has 11 heteroatoms. The first-order chi connectivity index (χ1) is 20.9. The number of carbonyl (C=O) groups excluding carboxylic acids is 1. The molecule has 0 spiro atoms. The number of aryl methyl sites for hydroxylation is 2. The molecule has 1 aromatic carbocycles. The van der Waals surface area contributed by atoms with E-state index in [2.05, 4.69) is 31.7 Å². The Morgan fingerprint density at radius 1 is 1.19 bits per heavy atom. The van der Waals surface area contributed by atoms with Gasteiger partial charge in [-0.05, 0) is 51.7 Å². The molecule has 11 nitrogen and oxygen atoms in total. The molecule has 1 N–H and O–H groups in total. The molecular formula is C32H37N8O3+. The Hall–Kier alpha value is -4.77. The van der Waals surface area contributed by atoms with Crippen LogP contribution in [0.3, 0.4) is 0 Å². The van der Waals surface area contributed by atoms with Crippen molar-refractivity contribution in [1.82, 2.24) is 24.8 Å². The van der Waals surface area contributed by atoms with Crippen molar-refractivity contribution in [2.75, 3.05) is 57.1 Å². The molecule has 1 saturated heterocycles. The van der Waals surface area contributed by atoms with Crippen LogP contribution < -0.4 is 24.3 Å². The molecule has 43 heavy (non-hydrogen) atoms. The van der Waals surface area contributed by atoms with Gasteiger partial charge >= 0.3 is 0 Å². The van der Waals surface area contributed by atoms with Crippen LogP contribution in [0.5, 0.6) is 17.2 Å². The van der Waals surface area contributed by atoms with Gasteiger partial charge < -0.3 is 29.5 Å². The van der Waals surface area contributed by atoms with Crippen LogP contribution >= 0.6 is 0 Å². The van der Waals surface area contributed by atoms with E-state index in [-0.39, 0.29) is 11.9 Å². The number of pyridine rings is 2. The lowest BCUT2D eigenvalue weighted by atomic mass is 10.1. The molecule has 0 saturated carbocycles. The fourth-order valence-corrected chi connectivity index (χ4v) is 5.34. The average molecular weight is 582 g/mol. The number of benzene rings is 1. The van der Waals surface area contributed by atoms with Crippen molar-refractivity contribution >= 4 is 34.3 Å². The van der Waals surface area contributed by atoms with Gasteiger partial charge in [-0.15, -0.1) is 0 Å². The summed E-state index contributed by atoms with van der Waals surface area (Å²) in [6, 6.07) is 11.7. The standard InChI is InChI=1S/C32H37N8O3/c1-5-38-13-10-25(11-14-38)43-27-9-8-23(17-22(27)2)35-31-30-26(33-21-34-31)18-28-32(36-30)39-15-16-40(24(19-39)20-42-28)29(41)7-6-12-37(3)4/h6-11,13-14,17-18,21,24H,5,12,15-16,19-20H2,1-4H3,(H,33,34,35)/q+1/b7-6+. The lowest BCUT2D eigenvalue weighted by Crippen LogP contribution is -2.56. The number of hydrogen-bond donors (Lipinski definition) is 1. The number of piperazine rings is 1. The van der Waals surface area contributed by atoms with E-state index < -0.39 is 0 Å². The Morgan fingerprint density at radius 2 is 2.02 bits per heavy atom. The van der Waals surface area contributed by atoms with E-state index in [9.17, 15) is 4.79 Å². The smallest absolute Gasteiger partial charge is 0.246 e. The van der Waals surface area contributed by atoms with Crippen molar-refractivity contribution < 1.29 is 18.8 Å². The van der Waals surface area contributed by atoms with Crippen molar-refractivity contribution in [3.63, 3.8) is 0 Å². The fourth-order valence-electron chi connectivity index (χ4n) is 5.34. The summed E-state index contributed by atoms with van der Waals surface area (Å²) >= 11 is 0. The second-order valence-corrected chi connectivity index (χ2v) is 11.1. The molecule has 1 fully saturated rings. The summed E-state index contributed by atoms with van der Waals surface area (Å²) in [4.78, 5) is 33.1. The third-order valence-electron chi connectivity index (χ3n) is 7.68. The zero-order chi connectivity index (χ0) is 29.9. The molecule has 222 valence electrons. The van der Waals surface area contributed by atoms with Gasteiger partial charge in [0.25, 0.3) is 0 Å². The normalized spacial score (nSPS) is 16.3. The summed E-state index contributed by atoms with van der Waals surface area (Å²) in [6.07, 6.45) is 9.09. The average Bonchev–Trinajstić information content (AvgIpc) is 3.13. The molecule has 1 unspecified atom stereocenters. The SMILES string of the molecule is CC[n+]1ccc(Oc2ccc(Nc3ncnc4cc5c(nc34)N3CCN(C(=O)/C=C/CN(C)C)C(CO5)C3)cc2C)cc1. The topological polar surface area (TPSA) is 99.8 Å². The van der Waals surface area contributed by atoms with E-state index in [1.165, 1.54) is 6.33 Å². The Morgan fingerprint density at radius 3 is 2.79 bits per heavy atom. The van der Waals surface area contributed by atoms with Crippen LogP contribution in [0, 0.1) is 6.92 Å². The number of anilines is 3. The first-order valence-electron chi connectivity index (χ1n) is 14.6. The fraction of sp³-hybridized carbons (Fsp3) is 0.344. The molecule has 4 aromatic rings. The van der Waals surface area contributed by atoms with E-state index in [1.54, 1.807) is 6.08 Å². The van der Waals surface area contributed by atoms with E-state index in [1.807, 2.05) is 85.7 Å². The Balaban J connectivity index is 1.20. The van der Waals surface area contributed by atoms with E-state index in [0.717, 1.165) is 41.7 Å². The number of carbonyl (C=O) groups is 1. The zero-order valence-corrected chi connectivity index (χ0v) is 25.0. The van der Waals surface area contributed by atoms with Gasteiger partial charge in [0.05, 0.1) is 11.6 Å². The predicted molar refractivity (Wildman–Crippen MR) is 165 cm³/mol. The molecule has 1 amide bonds. The zero-order valence-electron chi connectivity index (χ0n) is 25.0. The first-order valence-corrected chi connectivity index (χ1v) is 14.6. The maximum atomic E-state index is 12.9. The molecule has 5 heterocycles.